The fraction of sp³-hybridized carbons (Fsp3) is 0.312. The summed E-state index contributed by atoms with van der Waals surface area (Å²) in [7, 11) is 3.28. The molecule has 0 aliphatic heterocycles. The highest BCUT2D eigenvalue weighted by atomic mass is 16.5. The van der Waals surface area contributed by atoms with E-state index >= 15 is 0 Å². The van der Waals surface area contributed by atoms with Gasteiger partial charge in [-0.05, 0) is 37.1 Å². The number of hydrogen-bond donors (Lipinski definition) is 1. The highest BCUT2D eigenvalue weighted by Crippen LogP contribution is 2.35. The quantitative estimate of drug-likeness (QED) is 0.929. The zero-order valence-corrected chi connectivity index (χ0v) is 12.3. The summed E-state index contributed by atoms with van der Waals surface area (Å²) in [5.41, 5.74) is 10.6. The van der Waals surface area contributed by atoms with Gasteiger partial charge in [-0.3, -0.25) is 4.98 Å². The molecule has 0 aliphatic carbocycles. The Hall–Kier alpha value is -2.07. The van der Waals surface area contributed by atoms with Crippen LogP contribution in [0.4, 0.5) is 0 Å². The van der Waals surface area contributed by atoms with E-state index in [1.807, 2.05) is 26.0 Å². The molecule has 1 aromatic carbocycles. The number of rotatable bonds is 4. The molecule has 2 rings (SSSR count). The number of hydrogen-bond acceptors (Lipinski definition) is 4. The summed E-state index contributed by atoms with van der Waals surface area (Å²) in [5.74, 6) is 1.48. The van der Waals surface area contributed by atoms with Crippen LogP contribution in [0.15, 0.2) is 30.6 Å². The molecule has 1 unspecified atom stereocenters. The van der Waals surface area contributed by atoms with Crippen LogP contribution in [0.5, 0.6) is 11.5 Å². The maximum Gasteiger partial charge on any atom is 0.142 e. The lowest BCUT2D eigenvalue weighted by atomic mass is 9.93. The lowest BCUT2D eigenvalue weighted by Crippen LogP contribution is -2.16. The highest BCUT2D eigenvalue weighted by Gasteiger charge is 2.20. The van der Waals surface area contributed by atoms with Crippen LogP contribution in [-0.2, 0) is 0 Å². The first-order chi connectivity index (χ1) is 9.58. The summed E-state index contributed by atoms with van der Waals surface area (Å²) in [6.45, 7) is 4.08. The standard InChI is InChI=1S/C16H20N2O2/c1-10-7-11(2)15(13(8-10)19-3)16(17)12-5-6-18-9-14(12)20-4/h5-9,16H,17H2,1-4H3. The Kier molecular flexibility index (Phi) is 4.25. The molecule has 4 nitrogen and oxygen atoms in total. The predicted molar refractivity (Wildman–Crippen MR) is 79.3 cm³/mol. The van der Waals surface area contributed by atoms with Crippen molar-refractivity contribution in [3.63, 3.8) is 0 Å². The van der Waals surface area contributed by atoms with Gasteiger partial charge in [0.2, 0.25) is 0 Å². The highest BCUT2D eigenvalue weighted by molar-refractivity contribution is 5.50. The Morgan fingerprint density at radius 1 is 1.10 bits per heavy atom. The Bertz CT molecular complexity index is 611. The van der Waals surface area contributed by atoms with Crippen molar-refractivity contribution in [1.82, 2.24) is 4.98 Å². The molecule has 0 radical (unpaired) electrons. The van der Waals surface area contributed by atoms with E-state index in [0.29, 0.717) is 5.75 Å². The Balaban J connectivity index is 2.56. The molecule has 0 bridgehead atoms. The maximum absolute atomic E-state index is 6.43. The van der Waals surface area contributed by atoms with Crippen LogP contribution in [0, 0.1) is 13.8 Å². The Morgan fingerprint density at radius 3 is 2.45 bits per heavy atom. The summed E-state index contributed by atoms with van der Waals surface area (Å²) in [6.07, 6.45) is 3.39. The average molecular weight is 272 g/mol. The predicted octanol–water partition coefficient (Wildman–Crippen LogP) is 2.76. The van der Waals surface area contributed by atoms with Crippen molar-refractivity contribution in [2.75, 3.05) is 14.2 Å². The minimum atomic E-state index is -0.316. The minimum absolute atomic E-state index is 0.316. The topological polar surface area (TPSA) is 57.4 Å². The van der Waals surface area contributed by atoms with Crippen molar-refractivity contribution in [3.8, 4) is 11.5 Å². The van der Waals surface area contributed by atoms with Crippen LogP contribution < -0.4 is 15.2 Å². The summed E-state index contributed by atoms with van der Waals surface area (Å²) in [6, 6.07) is 5.66. The van der Waals surface area contributed by atoms with Crippen molar-refractivity contribution < 1.29 is 9.47 Å². The van der Waals surface area contributed by atoms with Gasteiger partial charge in [0, 0.05) is 17.3 Å². The van der Waals surface area contributed by atoms with E-state index < -0.39 is 0 Å². The first-order valence-corrected chi connectivity index (χ1v) is 6.47. The van der Waals surface area contributed by atoms with Gasteiger partial charge in [-0.15, -0.1) is 0 Å². The number of benzene rings is 1. The molecule has 20 heavy (non-hydrogen) atoms. The van der Waals surface area contributed by atoms with Crippen LogP contribution in [-0.4, -0.2) is 19.2 Å². The molecule has 4 heteroatoms. The number of aromatic nitrogens is 1. The molecule has 1 heterocycles. The van der Waals surface area contributed by atoms with Gasteiger partial charge in [-0.2, -0.15) is 0 Å². The molecule has 0 aliphatic rings. The molecular formula is C16H20N2O2. The van der Waals surface area contributed by atoms with Gasteiger partial charge in [0.1, 0.15) is 11.5 Å². The smallest absolute Gasteiger partial charge is 0.142 e. The fourth-order valence-electron chi connectivity index (χ4n) is 2.48. The lowest BCUT2D eigenvalue weighted by molar-refractivity contribution is 0.398. The molecule has 1 atom stereocenters. The fourth-order valence-corrected chi connectivity index (χ4v) is 2.48. The van der Waals surface area contributed by atoms with Gasteiger partial charge < -0.3 is 15.2 Å². The second-order valence-corrected chi connectivity index (χ2v) is 4.79. The first kappa shape index (κ1) is 14.3. The largest absolute Gasteiger partial charge is 0.496 e. The third-order valence-electron chi connectivity index (χ3n) is 3.40. The van der Waals surface area contributed by atoms with Gasteiger partial charge >= 0.3 is 0 Å². The first-order valence-electron chi connectivity index (χ1n) is 6.47. The molecule has 0 saturated carbocycles. The van der Waals surface area contributed by atoms with Crippen LogP contribution in [0.3, 0.4) is 0 Å². The van der Waals surface area contributed by atoms with E-state index in [1.54, 1.807) is 26.6 Å². The molecule has 106 valence electrons. The molecule has 2 N–H and O–H groups in total. The monoisotopic (exact) mass is 272 g/mol. The number of nitrogens with zero attached hydrogens (tertiary/aromatic N) is 1. The zero-order chi connectivity index (χ0) is 14.7. The second-order valence-electron chi connectivity index (χ2n) is 4.79. The number of nitrogens with two attached hydrogens (primary N) is 1. The van der Waals surface area contributed by atoms with E-state index in [4.69, 9.17) is 15.2 Å². The molecule has 2 aromatic rings. The van der Waals surface area contributed by atoms with Gasteiger partial charge in [-0.25, -0.2) is 0 Å². The summed E-state index contributed by atoms with van der Waals surface area (Å²) in [5, 5.41) is 0. The van der Waals surface area contributed by atoms with E-state index in [0.717, 1.165) is 28.0 Å². The van der Waals surface area contributed by atoms with Crippen LogP contribution in [0.2, 0.25) is 0 Å². The summed E-state index contributed by atoms with van der Waals surface area (Å²) < 4.78 is 10.8. The van der Waals surface area contributed by atoms with E-state index in [1.165, 1.54) is 0 Å². The summed E-state index contributed by atoms with van der Waals surface area (Å²) >= 11 is 0. The van der Waals surface area contributed by atoms with Crippen LogP contribution in [0.25, 0.3) is 0 Å². The molecule has 0 spiro atoms. The van der Waals surface area contributed by atoms with E-state index in [9.17, 15) is 0 Å². The van der Waals surface area contributed by atoms with Crippen molar-refractivity contribution in [2.24, 2.45) is 5.73 Å². The number of pyridine rings is 1. The average Bonchev–Trinajstić information content (AvgIpc) is 2.45. The van der Waals surface area contributed by atoms with Crippen molar-refractivity contribution in [3.05, 3.63) is 52.8 Å². The van der Waals surface area contributed by atoms with Gasteiger partial charge in [-0.1, -0.05) is 6.07 Å². The zero-order valence-electron chi connectivity index (χ0n) is 12.3. The molecule has 0 amide bonds. The third-order valence-corrected chi connectivity index (χ3v) is 3.40. The molecule has 0 fully saturated rings. The Morgan fingerprint density at radius 2 is 1.80 bits per heavy atom. The number of methoxy groups -OCH3 is 2. The minimum Gasteiger partial charge on any atom is -0.496 e. The van der Waals surface area contributed by atoms with Gasteiger partial charge in [0.25, 0.3) is 0 Å². The molecular weight excluding hydrogens is 252 g/mol. The Labute approximate surface area is 119 Å². The van der Waals surface area contributed by atoms with Crippen molar-refractivity contribution in [1.29, 1.82) is 0 Å². The van der Waals surface area contributed by atoms with E-state index in [2.05, 4.69) is 11.1 Å². The SMILES string of the molecule is COc1cnccc1C(N)c1c(C)cc(C)cc1OC. The second kappa shape index (κ2) is 5.92. The van der Waals surface area contributed by atoms with Crippen LogP contribution >= 0.6 is 0 Å². The van der Waals surface area contributed by atoms with Crippen molar-refractivity contribution in [2.45, 2.75) is 19.9 Å². The van der Waals surface area contributed by atoms with Gasteiger partial charge in [0.15, 0.2) is 0 Å². The lowest BCUT2D eigenvalue weighted by Gasteiger charge is -2.21. The van der Waals surface area contributed by atoms with Crippen LogP contribution in [0.1, 0.15) is 28.3 Å². The van der Waals surface area contributed by atoms with Crippen molar-refractivity contribution >= 4 is 0 Å². The van der Waals surface area contributed by atoms with Gasteiger partial charge in [0.05, 0.1) is 26.5 Å². The number of ether oxygens (including phenoxy) is 2. The molecule has 0 saturated heterocycles. The summed E-state index contributed by atoms with van der Waals surface area (Å²) in [4.78, 5) is 4.06. The normalized spacial score (nSPS) is 12.1. The third kappa shape index (κ3) is 2.60. The maximum atomic E-state index is 6.43. The number of aryl methyl sites for hydroxylation is 2. The van der Waals surface area contributed by atoms with E-state index in [-0.39, 0.29) is 6.04 Å². The molecule has 1 aromatic heterocycles.